The molecular weight excluding hydrogens is 406 g/mol. The van der Waals surface area contributed by atoms with Gasteiger partial charge in [0.1, 0.15) is 0 Å². The highest BCUT2D eigenvalue weighted by Gasteiger charge is 2.07. The summed E-state index contributed by atoms with van der Waals surface area (Å²) in [4.78, 5) is 2.61. The van der Waals surface area contributed by atoms with E-state index in [2.05, 4.69) is 72.5 Å². The molecule has 0 spiro atoms. The largest absolute Gasteiger partial charge is 0.295 e. The van der Waals surface area contributed by atoms with Gasteiger partial charge in [-0.3, -0.25) is 4.90 Å². The van der Waals surface area contributed by atoms with Gasteiger partial charge in [-0.2, -0.15) is 0 Å². The summed E-state index contributed by atoms with van der Waals surface area (Å²) in [5.74, 6) is 0. The summed E-state index contributed by atoms with van der Waals surface area (Å²) in [7, 11) is 0. The van der Waals surface area contributed by atoms with Crippen LogP contribution in [0.4, 0.5) is 0 Å². The highest BCUT2D eigenvalue weighted by Crippen LogP contribution is 2.14. The van der Waals surface area contributed by atoms with Crippen LogP contribution in [0.3, 0.4) is 0 Å². The summed E-state index contributed by atoms with van der Waals surface area (Å²) in [6, 6.07) is 21.8. The van der Waals surface area contributed by atoms with Crippen molar-refractivity contribution in [1.29, 1.82) is 0 Å². The van der Waals surface area contributed by atoms with Crippen LogP contribution in [0.25, 0.3) is 0 Å². The lowest BCUT2D eigenvalue weighted by Crippen LogP contribution is -2.24. The molecule has 0 atom stereocenters. The van der Waals surface area contributed by atoms with Crippen LogP contribution in [-0.4, -0.2) is 11.4 Å². The SMILES string of the molecule is Br.CCCCCCCCCCCCN(Cc1ccccc1)Cc1ccccc1. The van der Waals surface area contributed by atoms with E-state index in [0.717, 1.165) is 13.1 Å². The monoisotopic (exact) mass is 445 g/mol. The Bertz CT molecular complexity index is 528. The number of hydrogen-bond acceptors (Lipinski definition) is 1. The first kappa shape index (κ1) is 24.9. The van der Waals surface area contributed by atoms with Crippen LogP contribution in [-0.2, 0) is 13.1 Å². The number of rotatable bonds is 15. The third-order valence-electron chi connectivity index (χ3n) is 5.33. The first-order chi connectivity index (χ1) is 13.4. The predicted octanol–water partition coefficient (Wildman–Crippen LogP) is 8.19. The highest BCUT2D eigenvalue weighted by atomic mass is 79.9. The van der Waals surface area contributed by atoms with Gasteiger partial charge < -0.3 is 0 Å². The molecule has 0 radical (unpaired) electrons. The molecule has 0 amide bonds. The number of benzene rings is 2. The van der Waals surface area contributed by atoms with Crippen molar-refractivity contribution in [2.75, 3.05) is 6.54 Å². The normalized spacial score (nSPS) is 10.8. The topological polar surface area (TPSA) is 3.24 Å². The molecule has 0 bridgehead atoms. The Morgan fingerprint density at radius 1 is 0.536 bits per heavy atom. The Hall–Kier alpha value is -1.12. The zero-order valence-corrected chi connectivity index (χ0v) is 19.5. The molecule has 0 unspecified atom stereocenters. The van der Waals surface area contributed by atoms with Crippen LogP contribution in [0.2, 0.25) is 0 Å². The van der Waals surface area contributed by atoms with Gasteiger partial charge in [0, 0.05) is 13.1 Å². The molecule has 2 heteroatoms. The van der Waals surface area contributed by atoms with Crippen molar-refractivity contribution in [1.82, 2.24) is 4.90 Å². The second-order valence-electron chi connectivity index (χ2n) is 7.86. The lowest BCUT2D eigenvalue weighted by Gasteiger charge is -2.22. The summed E-state index contributed by atoms with van der Waals surface area (Å²) in [5, 5.41) is 0. The molecule has 0 aromatic heterocycles. The van der Waals surface area contributed by atoms with Crippen LogP contribution >= 0.6 is 17.0 Å². The van der Waals surface area contributed by atoms with Crippen LogP contribution in [0.1, 0.15) is 82.3 Å². The zero-order valence-electron chi connectivity index (χ0n) is 17.8. The Kier molecular flexibility index (Phi) is 15.0. The third-order valence-corrected chi connectivity index (χ3v) is 5.33. The Morgan fingerprint density at radius 2 is 0.929 bits per heavy atom. The van der Waals surface area contributed by atoms with Crippen LogP contribution < -0.4 is 0 Å². The molecule has 1 nitrogen and oxygen atoms in total. The maximum absolute atomic E-state index is 2.61. The fraction of sp³-hybridized carbons (Fsp3) is 0.538. The smallest absolute Gasteiger partial charge is 0.0237 e. The van der Waals surface area contributed by atoms with Crippen LogP contribution in [0, 0.1) is 0 Å². The number of nitrogens with zero attached hydrogens (tertiary/aromatic N) is 1. The van der Waals surface area contributed by atoms with E-state index in [-0.39, 0.29) is 17.0 Å². The van der Waals surface area contributed by atoms with Gasteiger partial charge in [0.15, 0.2) is 0 Å². The minimum Gasteiger partial charge on any atom is -0.295 e. The molecule has 28 heavy (non-hydrogen) atoms. The standard InChI is InChI=1S/C26H39N.BrH/c1-2-3-4-5-6-7-8-9-10-17-22-27(23-25-18-13-11-14-19-25)24-26-20-15-12-16-21-26;/h11-16,18-21H,2-10,17,22-24H2,1H3;1H. The number of halogens is 1. The molecule has 2 aromatic rings. The fourth-order valence-electron chi connectivity index (χ4n) is 3.72. The van der Waals surface area contributed by atoms with Crippen molar-refractivity contribution in [2.24, 2.45) is 0 Å². The first-order valence-electron chi connectivity index (χ1n) is 11.2. The van der Waals surface area contributed by atoms with Gasteiger partial charge in [-0.05, 0) is 24.1 Å². The summed E-state index contributed by atoms with van der Waals surface area (Å²) in [6.45, 7) is 5.58. The lowest BCUT2D eigenvalue weighted by atomic mass is 10.1. The second-order valence-corrected chi connectivity index (χ2v) is 7.86. The van der Waals surface area contributed by atoms with E-state index in [4.69, 9.17) is 0 Å². The molecule has 2 aromatic carbocycles. The fourth-order valence-corrected chi connectivity index (χ4v) is 3.72. The van der Waals surface area contributed by atoms with Gasteiger partial charge >= 0.3 is 0 Å². The molecule has 0 saturated carbocycles. The van der Waals surface area contributed by atoms with E-state index in [1.54, 1.807) is 0 Å². The van der Waals surface area contributed by atoms with Gasteiger partial charge in [0.05, 0.1) is 0 Å². The van der Waals surface area contributed by atoms with E-state index in [1.807, 2.05) is 0 Å². The van der Waals surface area contributed by atoms with Gasteiger partial charge in [0.2, 0.25) is 0 Å². The molecule has 0 fully saturated rings. The van der Waals surface area contributed by atoms with Gasteiger partial charge in [0.25, 0.3) is 0 Å². The molecule has 0 aliphatic rings. The average molecular weight is 447 g/mol. The first-order valence-corrected chi connectivity index (χ1v) is 11.2. The van der Waals surface area contributed by atoms with Crippen molar-refractivity contribution < 1.29 is 0 Å². The van der Waals surface area contributed by atoms with Crippen molar-refractivity contribution in [3.63, 3.8) is 0 Å². The molecule has 0 aliphatic carbocycles. The van der Waals surface area contributed by atoms with E-state index in [9.17, 15) is 0 Å². The molecular formula is C26H40BrN. The van der Waals surface area contributed by atoms with Crippen LogP contribution in [0.5, 0.6) is 0 Å². The van der Waals surface area contributed by atoms with Crippen molar-refractivity contribution in [3.8, 4) is 0 Å². The van der Waals surface area contributed by atoms with Gasteiger partial charge in [-0.15, -0.1) is 17.0 Å². The van der Waals surface area contributed by atoms with E-state index in [1.165, 1.54) is 81.9 Å². The van der Waals surface area contributed by atoms with E-state index < -0.39 is 0 Å². The van der Waals surface area contributed by atoms with Gasteiger partial charge in [-0.25, -0.2) is 0 Å². The Balaban J connectivity index is 0.00000392. The molecule has 0 aliphatic heterocycles. The van der Waals surface area contributed by atoms with Crippen molar-refractivity contribution >= 4 is 17.0 Å². The molecule has 0 N–H and O–H groups in total. The molecule has 0 heterocycles. The molecule has 0 saturated heterocycles. The summed E-state index contributed by atoms with van der Waals surface area (Å²) < 4.78 is 0. The lowest BCUT2D eigenvalue weighted by molar-refractivity contribution is 0.250. The summed E-state index contributed by atoms with van der Waals surface area (Å²) >= 11 is 0. The maximum Gasteiger partial charge on any atom is 0.0237 e. The van der Waals surface area contributed by atoms with Crippen LogP contribution in [0.15, 0.2) is 60.7 Å². The summed E-state index contributed by atoms with van der Waals surface area (Å²) in [6.07, 6.45) is 14.0. The molecule has 156 valence electrons. The minimum absolute atomic E-state index is 0. The Morgan fingerprint density at radius 3 is 1.36 bits per heavy atom. The van der Waals surface area contributed by atoms with Crippen molar-refractivity contribution in [2.45, 2.75) is 84.2 Å². The molecule has 2 rings (SSSR count). The zero-order chi connectivity index (χ0) is 19.0. The number of hydrogen-bond donors (Lipinski definition) is 0. The number of unbranched alkanes of at least 4 members (excludes halogenated alkanes) is 9. The quantitative estimate of drug-likeness (QED) is 0.249. The average Bonchev–Trinajstić information content (AvgIpc) is 2.71. The maximum atomic E-state index is 2.61. The van der Waals surface area contributed by atoms with E-state index in [0.29, 0.717) is 0 Å². The van der Waals surface area contributed by atoms with Crippen molar-refractivity contribution in [3.05, 3.63) is 71.8 Å². The highest BCUT2D eigenvalue weighted by molar-refractivity contribution is 8.93. The van der Waals surface area contributed by atoms with E-state index >= 15 is 0 Å². The Labute approximate surface area is 184 Å². The minimum atomic E-state index is 0. The summed E-state index contributed by atoms with van der Waals surface area (Å²) in [5.41, 5.74) is 2.83. The third kappa shape index (κ3) is 11.7. The predicted molar refractivity (Wildman–Crippen MR) is 129 cm³/mol. The second kappa shape index (κ2) is 16.8. The van der Waals surface area contributed by atoms with Gasteiger partial charge in [-0.1, -0.05) is 125 Å².